The SMILES string of the molecule is O=S(=O)(c1ccccc1F)c1cc(OC(F)(F)F)ccc1Cc1ccc2c(c1)CCC2NS(=O)(=O)C(F)(F)F. The number of fused-ring (bicyclic) bond motifs is 1. The molecule has 0 heterocycles. The van der Waals surface area contributed by atoms with E-state index in [1.807, 2.05) is 0 Å². The Bertz CT molecular complexity index is 1620. The Labute approximate surface area is 218 Å². The fraction of sp³-hybridized carbons (Fsp3) is 0.250. The second-order valence-corrected chi connectivity index (χ2v) is 12.2. The average Bonchev–Trinajstić information content (AvgIpc) is 3.19. The van der Waals surface area contributed by atoms with E-state index in [2.05, 4.69) is 4.74 Å². The molecule has 0 saturated carbocycles. The van der Waals surface area contributed by atoms with Crippen LogP contribution in [0.4, 0.5) is 30.7 Å². The summed E-state index contributed by atoms with van der Waals surface area (Å²) in [6.07, 6.45) is -5.02. The maximum atomic E-state index is 14.4. The summed E-state index contributed by atoms with van der Waals surface area (Å²) >= 11 is 0. The standard InChI is InChI=1S/C24H18F7NO5S2/c25-19-3-1-2-4-21(19)38(33,34)22-13-17(37-23(26,27)28)8-6-16(22)12-14-5-9-18-15(11-14)7-10-20(18)32-39(35,36)24(29,30)31/h1-6,8-9,11,13,20,32H,7,10,12H2. The van der Waals surface area contributed by atoms with Crippen molar-refractivity contribution in [1.82, 2.24) is 4.72 Å². The van der Waals surface area contributed by atoms with Crippen LogP contribution in [0.5, 0.6) is 5.75 Å². The van der Waals surface area contributed by atoms with E-state index in [0.29, 0.717) is 22.8 Å². The number of hydrogen-bond acceptors (Lipinski definition) is 5. The molecule has 0 aliphatic heterocycles. The fourth-order valence-electron chi connectivity index (χ4n) is 4.29. The van der Waals surface area contributed by atoms with Crippen molar-refractivity contribution >= 4 is 19.9 Å². The summed E-state index contributed by atoms with van der Waals surface area (Å²) in [6.45, 7) is 0. The van der Waals surface area contributed by atoms with Gasteiger partial charge in [-0.15, -0.1) is 13.2 Å². The molecule has 0 amide bonds. The Morgan fingerprint density at radius 1 is 0.872 bits per heavy atom. The molecule has 1 N–H and O–H groups in total. The number of benzene rings is 3. The number of rotatable bonds is 7. The van der Waals surface area contributed by atoms with Gasteiger partial charge in [0, 0.05) is 6.04 Å². The molecular weight excluding hydrogens is 579 g/mol. The van der Waals surface area contributed by atoms with E-state index < -0.39 is 59.1 Å². The van der Waals surface area contributed by atoms with Crippen LogP contribution >= 0.6 is 0 Å². The Kier molecular flexibility index (Phi) is 7.46. The summed E-state index contributed by atoms with van der Waals surface area (Å²) in [5.41, 5.74) is -4.24. The van der Waals surface area contributed by atoms with E-state index in [1.54, 1.807) is 4.72 Å². The third kappa shape index (κ3) is 6.20. The number of sulfonamides is 1. The van der Waals surface area contributed by atoms with Gasteiger partial charge in [0.25, 0.3) is 0 Å². The van der Waals surface area contributed by atoms with Crippen LogP contribution in [0.2, 0.25) is 0 Å². The van der Waals surface area contributed by atoms with Crippen molar-refractivity contribution in [2.24, 2.45) is 0 Å². The van der Waals surface area contributed by atoms with E-state index in [-0.39, 0.29) is 24.8 Å². The molecule has 1 unspecified atom stereocenters. The van der Waals surface area contributed by atoms with Crippen molar-refractivity contribution in [1.29, 1.82) is 0 Å². The lowest BCUT2D eigenvalue weighted by Gasteiger charge is -2.17. The molecule has 0 aromatic heterocycles. The first kappa shape index (κ1) is 28.8. The number of aryl methyl sites for hydroxylation is 1. The number of alkyl halides is 6. The minimum Gasteiger partial charge on any atom is -0.406 e. The smallest absolute Gasteiger partial charge is 0.406 e. The molecule has 0 spiro atoms. The van der Waals surface area contributed by atoms with Gasteiger partial charge >= 0.3 is 21.9 Å². The first-order valence-electron chi connectivity index (χ1n) is 11.1. The van der Waals surface area contributed by atoms with E-state index in [0.717, 1.165) is 24.3 Å². The quantitative estimate of drug-likeness (QED) is 0.360. The van der Waals surface area contributed by atoms with Crippen molar-refractivity contribution < 1.29 is 52.3 Å². The molecule has 0 radical (unpaired) electrons. The molecule has 3 aromatic rings. The van der Waals surface area contributed by atoms with Gasteiger partial charge in [-0.1, -0.05) is 36.4 Å². The van der Waals surface area contributed by atoms with E-state index in [4.69, 9.17) is 0 Å². The van der Waals surface area contributed by atoms with Crippen molar-refractivity contribution in [2.45, 2.75) is 47.0 Å². The minimum atomic E-state index is -5.59. The van der Waals surface area contributed by atoms with Crippen LogP contribution in [-0.4, -0.2) is 28.7 Å². The number of halogens is 7. The molecule has 1 aliphatic rings. The van der Waals surface area contributed by atoms with Gasteiger partial charge in [-0.2, -0.15) is 17.9 Å². The lowest BCUT2D eigenvalue weighted by atomic mass is 10.00. The number of hydrogen-bond donors (Lipinski definition) is 1. The Hall–Kier alpha value is -3.17. The first-order chi connectivity index (χ1) is 18.0. The van der Waals surface area contributed by atoms with E-state index in [9.17, 15) is 47.6 Å². The third-order valence-electron chi connectivity index (χ3n) is 5.97. The van der Waals surface area contributed by atoms with E-state index in [1.165, 1.54) is 30.3 Å². The zero-order chi connectivity index (χ0) is 28.8. The van der Waals surface area contributed by atoms with Crippen LogP contribution in [0.3, 0.4) is 0 Å². The molecule has 3 aromatic carbocycles. The predicted molar refractivity (Wildman–Crippen MR) is 123 cm³/mol. The van der Waals surface area contributed by atoms with Gasteiger partial charge in [0.2, 0.25) is 9.84 Å². The average molecular weight is 598 g/mol. The second-order valence-electron chi connectivity index (χ2n) is 8.62. The van der Waals surface area contributed by atoms with Gasteiger partial charge < -0.3 is 4.74 Å². The minimum absolute atomic E-state index is 0.0000451. The molecule has 0 bridgehead atoms. The summed E-state index contributed by atoms with van der Waals surface area (Å²) in [7, 11) is -10.2. The number of ether oxygens (including phenoxy) is 1. The Balaban J connectivity index is 1.70. The highest BCUT2D eigenvalue weighted by atomic mass is 32.2. The largest absolute Gasteiger partial charge is 0.573 e. The van der Waals surface area contributed by atoms with Gasteiger partial charge in [-0.3, -0.25) is 0 Å². The monoisotopic (exact) mass is 597 g/mol. The highest BCUT2D eigenvalue weighted by molar-refractivity contribution is 7.91. The summed E-state index contributed by atoms with van der Waals surface area (Å²) in [5.74, 6) is -1.95. The zero-order valence-corrected chi connectivity index (χ0v) is 21.1. The van der Waals surface area contributed by atoms with Crippen LogP contribution in [0.1, 0.15) is 34.7 Å². The fourth-order valence-corrected chi connectivity index (χ4v) is 6.62. The van der Waals surface area contributed by atoms with Crippen molar-refractivity contribution in [3.8, 4) is 5.75 Å². The highest BCUT2D eigenvalue weighted by Crippen LogP contribution is 2.36. The molecule has 6 nitrogen and oxygen atoms in total. The molecular formula is C24H18F7NO5S2. The molecule has 0 saturated heterocycles. The molecule has 39 heavy (non-hydrogen) atoms. The molecule has 0 fully saturated rings. The number of nitrogens with one attached hydrogen (secondary N) is 1. The maximum absolute atomic E-state index is 14.4. The summed E-state index contributed by atoms with van der Waals surface area (Å²) in [4.78, 5) is -1.39. The predicted octanol–water partition coefficient (Wildman–Crippen LogP) is 5.57. The number of sulfone groups is 1. The lowest BCUT2D eigenvalue weighted by Crippen LogP contribution is -2.38. The van der Waals surface area contributed by atoms with E-state index >= 15 is 0 Å². The normalized spacial score (nSPS) is 16.2. The highest BCUT2D eigenvalue weighted by Gasteiger charge is 2.47. The van der Waals surface area contributed by atoms with Gasteiger partial charge in [-0.05, 0) is 65.8 Å². The van der Waals surface area contributed by atoms with Crippen molar-refractivity contribution in [3.63, 3.8) is 0 Å². The van der Waals surface area contributed by atoms with Gasteiger partial charge in [-0.25, -0.2) is 21.2 Å². The van der Waals surface area contributed by atoms with Gasteiger partial charge in [0.1, 0.15) is 16.5 Å². The van der Waals surface area contributed by atoms with Crippen molar-refractivity contribution in [3.05, 3.63) is 88.7 Å². The van der Waals surface area contributed by atoms with Crippen LogP contribution in [0, 0.1) is 5.82 Å². The third-order valence-corrected chi connectivity index (χ3v) is 9.04. The van der Waals surface area contributed by atoms with Gasteiger partial charge in [0.15, 0.2) is 0 Å². The molecule has 4 rings (SSSR count). The van der Waals surface area contributed by atoms with Crippen LogP contribution in [0.15, 0.2) is 70.5 Å². The molecule has 1 atom stereocenters. The zero-order valence-electron chi connectivity index (χ0n) is 19.5. The lowest BCUT2D eigenvalue weighted by molar-refractivity contribution is -0.274. The second kappa shape index (κ2) is 10.1. The molecule has 1 aliphatic carbocycles. The summed E-state index contributed by atoms with van der Waals surface area (Å²) in [6, 6.07) is 10.2. The maximum Gasteiger partial charge on any atom is 0.573 e. The van der Waals surface area contributed by atoms with Gasteiger partial charge in [0.05, 0.1) is 4.90 Å². The topological polar surface area (TPSA) is 89.5 Å². The Morgan fingerprint density at radius 2 is 1.56 bits per heavy atom. The van der Waals surface area contributed by atoms with Crippen LogP contribution < -0.4 is 9.46 Å². The summed E-state index contributed by atoms with van der Waals surface area (Å²) < 4.78 is 146. The van der Waals surface area contributed by atoms with Crippen LogP contribution in [-0.2, 0) is 32.7 Å². The van der Waals surface area contributed by atoms with Crippen LogP contribution in [0.25, 0.3) is 0 Å². The summed E-state index contributed by atoms with van der Waals surface area (Å²) in [5, 5.41) is 0. The molecule has 15 heteroatoms. The van der Waals surface area contributed by atoms with Crippen molar-refractivity contribution in [2.75, 3.05) is 0 Å². The Morgan fingerprint density at radius 3 is 2.21 bits per heavy atom. The first-order valence-corrected chi connectivity index (χ1v) is 14.0. The molecule has 210 valence electrons.